The summed E-state index contributed by atoms with van der Waals surface area (Å²) in [7, 11) is -1.59. The van der Waals surface area contributed by atoms with Crippen molar-refractivity contribution in [1.29, 1.82) is 0 Å². The topological polar surface area (TPSA) is 63.2 Å². The monoisotopic (exact) mass is 202 g/mol. The SMILES string of the molecule is O=S1C[N+]([O-])([O-])c2cc(F)ccc21. The molecule has 1 heterocycles. The highest BCUT2D eigenvalue weighted by molar-refractivity contribution is 7.85. The van der Waals surface area contributed by atoms with Gasteiger partial charge in [-0.1, -0.05) is 0 Å². The van der Waals surface area contributed by atoms with E-state index in [1.165, 1.54) is 6.07 Å². The van der Waals surface area contributed by atoms with Crippen LogP contribution in [0.2, 0.25) is 0 Å². The molecule has 0 saturated heterocycles. The van der Waals surface area contributed by atoms with Gasteiger partial charge in [0.05, 0.1) is 0 Å². The van der Waals surface area contributed by atoms with Crippen molar-refractivity contribution in [1.82, 2.24) is 4.81 Å². The summed E-state index contributed by atoms with van der Waals surface area (Å²) < 4.78 is 23.8. The van der Waals surface area contributed by atoms with E-state index in [4.69, 9.17) is 0 Å². The number of benzene rings is 1. The Morgan fingerprint density at radius 1 is 1.46 bits per heavy atom. The van der Waals surface area contributed by atoms with E-state index < -0.39 is 27.3 Å². The van der Waals surface area contributed by atoms with E-state index in [2.05, 4.69) is 0 Å². The number of rotatable bonds is 0. The molecule has 4 nitrogen and oxygen atoms in total. The zero-order valence-corrected chi connectivity index (χ0v) is 7.21. The summed E-state index contributed by atoms with van der Waals surface area (Å²) >= 11 is 0. The predicted octanol–water partition coefficient (Wildman–Crippen LogP) is 1.21. The molecule has 0 spiro atoms. The molecule has 0 saturated carbocycles. The molecule has 0 amide bonds. The Bertz CT molecular complexity index is 393. The van der Waals surface area contributed by atoms with E-state index in [0.29, 0.717) is 0 Å². The Balaban J connectivity index is 2.66. The molecule has 0 aliphatic carbocycles. The number of hydrogen-bond donors (Lipinski definition) is 0. The van der Waals surface area contributed by atoms with Gasteiger partial charge in [-0.15, -0.1) is 0 Å². The molecule has 0 N–H and O–H groups in total. The Hall–Kier alpha value is -0.820. The lowest BCUT2D eigenvalue weighted by molar-refractivity contribution is 0.567. The average molecular weight is 202 g/mol. The molecule has 1 aliphatic heterocycles. The van der Waals surface area contributed by atoms with Gasteiger partial charge in [-0.3, -0.25) is 0 Å². The normalized spacial score (nSPS) is 24.4. The van der Waals surface area contributed by atoms with Gasteiger partial charge in [0.25, 0.3) is 0 Å². The second-order valence-corrected chi connectivity index (χ2v) is 4.15. The van der Waals surface area contributed by atoms with Crippen molar-refractivity contribution in [2.75, 3.05) is 5.88 Å². The fourth-order valence-corrected chi connectivity index (χ4v) is 2.48. The Kier molecular flexibility index (Phi) is 1.74. The maximum atomic E-state index is 12.6. The highest BCUT2D eigenvalue weighted by Gasteiger charge is 2.30. The molecule has 2 rings (SSSR count). The van der Waals surface area contributed by atoms with E-state index >= 15 is 0 Å². The lowest BCUT2D eigenvalue weighted by Gasteiger charge is -2.41. The minimum Gasteiger partial charge on any atom is -0.625 e. The van der Waals surface area contributed by atoms with Gasteiger partial charge in [0.2, 0.25) is 0 Å². The van der Waals surface area contributed by atoms with Crippen molar-refractivity contribution in [3.8, 4) is 0 Å². The molecule has 0 radical (unpaired) electrons. The van der Waals surface area contributed by atoms with Gasteiger partial charge < -0.3 is 15.2 Å². The lowest BCUT2D eigenvalue weighted by Crippen LogP contribution is -2.33. The minimum absolute atomic E-state index is 0.145. The summed E-state index contributed by atoms with van der Waals surface area (Å²) in [6, 6.07) is 3.15. The number of halogens is 1. The van der Waals surface area contributed by atoms with Crippen molar-refractivity contribution in [3.05, 3.63) is 34.4 Å². The second-order valence-electron chi connectivity index (χ2n) is 2.76. The zero-order chi connectivity index (χ0) is 9.64. The van der Waals surface area contributed by atoms with Crippen LogP contribution in [0.1, 0.15) is 0 Å². The molecule has 1 aliphatic rings. The highest BCUT2D eigenvalue weighted by atomic mass is 32.2. The van der Waals surface area contributed by atoms with Gasteiger partial charge in [0.1, 0.15) is 21.5 Å². The molecule has 0 fully saturated rings. The van der Waals surface area contributed by atoms with Crippen LogP contribution in [0.25, 0.3) is 0 Å². The molecule has 13 heavy (non-hydrogen) atoms. The van der Waals surface area contributed by atoms with Crippen LogP contribution in [0.5, 0.6) is 0 Å². The molecule has 1 aromatic rings. The van der Waals surface area contributed by atoms with Crippen LogP contribution >= 0.6 is 0 Å². The zero-order valence-electron chi connectivity index (χ0n) is 6.40. The van der Waals surface area contributed by atoms with Crippen LogP contribution in [0.3, 0.4) is 0 Å². The first-order valence-electron chi connectivity index (χ1n) is 3.49. The Labute approximate surface area is 75.8 Å². The maximum absolute atomic E-state index is 12.6. The number of fused-ring (bicyclic) bond motifs is 1. The largest absolute Gasteiger partial charge is 0.625 e. The summed E-state index contributed by atoms with van der Waals surface area (Å²) in [4.78, 5) is -1.86. The van der Waals surface area contributed by atoms with Crippen molar-refractivity contribution in [3.63, 3.8) is 0 Å². The summed E-state index contributed by atoms with van der Waals surface area (Å²) in [5, 5.41) is 22.2. The maximum Gasteiger partial charge on any atom is 0.163 e. The standard InChI is InChI=1S/C7H5FNO3S/c8-5-1-2-7-6(3-5)9(10,11)4-13(7)12/h1-3H,4H2/q-1. The first kappa shape index (κ1) is 8.76. The third-order valence-electron chi connectivity index (χ3n) is 1.82. The van der Waals surface area contributed by atoms with Crippen molar-refractivity contribution in [2.45, 2.75) is 4.90 Å². The average Bonchev–Trinajstić information content (AvgIpc) is 2.23. The predicted molar refractivity (Wildman–Crippen MR) is 46.2 cm³/mol. The molecular weight excluding hydrogens is 197 g/mol. The fraction of sp³-hybridized carbons (Fsp3) is 0.143. The first-order valence-corrected chi connectivity index (χ1v) is 4.81. The van der Waals surface area contributed by atoms with E-state index in [1.54, 1.807) is 0 Å². The van der Waals surface area contributed by atoms with Crippen LogP contribution in [-0.4, -0.2) is 10.1 Å². The van der Waals surface area contributed by atoms with E-state index in [9.17, 15) is 19.0 Å². The van der Waals surface area contributed by atoms with Crippen LogP contribution in [0.4, 0.5) is 10.1 Å². The number of quaternary nitrogens is 1. The number of hydroxylamine groups is 2. The van der Waals surface area contributed by atoms with Crippen molar-refractivity contribution < 1.29 is 8.60 Å². The molecule has 70 valence electrons. The van der Waals surface area contributed by atoms with Gasteiger partial charge in [-0.05, 0) is 12.1 Å². The quantitative estimate of drug-likeness (QED) is 0.469. The van der Waals surface area contributed by atoms with Crippen LogP contribution in [-0.2, 0) is 10.8 Å². The third kappa shape index (κ3) is 1.28. The smallest absolute Gasteiger partial charge is 0.163 e. The molecular formula is C7H5FNO3S-. The van der Waals surface area contributed by atoms with Crippen LogP contribution in [0, 0.1) is 16.2 Å². The third-order valence-corrected chi connectivity index (χ3v) is 3.23. The summed E-state index contributed by atoms with van der Waals surface area (Å²) in [6.45, 7) is 0. The van der Waals surface area contributed by atoms with Crippen LogP contribution < -0.4 is 4.81 Å². The van der Waals surface area contributed by atoms with Gasteiger partial charge in [-0.2, -0.15) is 0 Å². The molecule has 1 unspecified atom stereocenters. The fourth-order valence-electron chi connectivity index (χ4n) is 1.24. The van der Waals surface area contributed by atoms with Crippen molar-refractivity contribution >= 4 is 16.5 Å². The Morgan fingerprint density at radius 2 is 2.15 bits per heavy atom. The van der Waals surface area contributed by atoms with Gasteiger partial charge in [-0.25, -0.2) is 8.60 Å². The Morgan fingerprint density at radius 3 is 2.85 bits per heavy atom. The second kappa shape index (κ2) is 2.58. The van der Waals surface area contributed by atoms with E-state index in [0.717, 1.165) is 12.1 Å². The van der Waals surface area contributed by atoms with Crippen LogP contribution in [0.15, 0.2) is 23.1 Å². The van der Waals surface area contributed by atoms with Gasteiger partial charge in [0, 0.05) is 6.07 Å². The van der Waals surface area contributed by atoms with Crippen molar-refractivity contribution in [2.24, 2.45) is 0 Å². The molecule has 0 bridgehead atoms. The lowest BCUT2D eigenvalue weighted by atomic mass is 10.3. The first-order chi connectivity index (χ1) is 6.00. The number of hydrogen-bond acceptors (Lipinski definition) is 3. The molecule has 1 aromatic carbocycles. The summed E-state index contributed by atoms with van der Waals surface area (Å²) in [6.07, 6.45) is 0. The van der Waals surface area contributed by atoms with E-state index in [-0.39, 0.29) is 10.6 Å². The molecule has 6 heteroatoms. The minimum atomic E-state index is -2.00. The van der Waals surface area contributed by atoms with E-state index in [1.807, 2.05) is 0 Å². The number of nitrogens with zero attached hydrogens (tertiary/aromatic N) is 1. The molecule has 1 atom stereocenters. The summed E-state index contributed by atoms with van der Waals surface area (Å²) in [5.74, 6) is -1.23. The highest BCUT2D eigenvalue weighted by Crippen LogP contribution is 2.36. The van der Waals surface area contributed by atoms with Gasteiger partial charge in [0.15, 0.2) is 11.6 Å². The molecule has 0 aromatic heterocycles. The summed E-state index contributed by atoms with van der Waals surface area (Å²) in [5.41, 5.74) is -0.279. The van der Waals surface area contributed by atoms with Gasteiger partial charge >= 0.3 is 0 Å².